The van der Waals surface area contributed by atoms with Gasteiger partial charge in [-0.2, -0.15) is 0 Å². The fourth-order valence-corrected chi connectivity index (χ4v) is 2.02. The first-order valence-electron chi connectivity index (χ1n) is 6.90. The fraction of sp³-hybridized carbons (Fsp3) is 0.467. The molecule has 6 heteroatoms. The van der Waals surface area contributed by atoms with Crippen molar-refractivity contribution >= 4 is 23.6 Å². The van der Waals surface area contributed by atoms with Crippen LogP contribution >= 0.6 is 11.6 Å². The number of carbonyl (C=O) groups is 2. The zero-order valence-electron chi connectivity index (χ0n) is 12.4. The summed E-state index contributed by atoms with van der Waals surface area (Å²) in [5.74, 6) is -1.17. The number of benzene rings is 1. The van der Waals surface area contributed by atoms with Gasteiger partial charge in [0.05, 0.1) is 6.04 Å². The second-order valence-electron chi connectivity index (χ2n) is 5.09. The molecular formula is C15H21ClN2O3. The lowest BCUT2D eigenvalue weighted by atomic mass is 9.99. The predicted molar refractivity (Wildman–Crippen MR) is 82.4 cm³/mol. The molecule has 21 heavy (non-hydrogen) atoms. The molecule has 2 amide bonds. The van der Waals surface area contributed by atoms with E-state index in [2.05, 4.69) is 10.6 Å². The molecular weight excluding hydrogens is 292 g/mol. The van der Waals surface area contributed by atoms with Crippen molar-refractivity contribution in [2.45, 2.75) is 39.3 Å². The van der Waals surface area contributed by atoms with E-state index in [4.69, 9.17) is 16.7 Å². The number of aliphatic carboxylic acids is 1. The van der Waals surface area contributed by atoms with Crippen molar-refractivity contribution in [3.63, 3.8) is 0 Å². The van der Waals surface area contributed by atoms with Crippen LogP contribution in [-0.2, 0) is 4.79 Å². The van der Waals surface area contributed by atoms with Gasteiger partial charge in [0.1, 0.15) is 6.04 Å². The number of carboxylic acids is 1. The maximum Gasteiger partial charge on any atom is 0.326 e. The molecule has 0 aromatic heterocycles. The maximum absolute atomic E-state index is 11.9. The number of amides is 2. The van der Waals surface area contributed by atoms with Gasteiger partial charge < -0.3 is 15.7 Å². The Kier molecular flexibility index (Phi) is 6.49. The number of hydrogen-bond donors (Lipinski definition) is 3. The Balaban J connectivity index is 2.63. The van der Waals surface area contributed by atoms with Gasteiger partial charge in [-0.25, -0.2) is 9.59 Å². The highest BCUT2D eigenvalue weighted by atomic mass is 35.5. The van der Waals surface area contributed by atoms with E-state index >= 15 is 0 Å². The van der Waals surface area contributed by atoms with Crippen LogP contribution in [0, 0.1) is 5.92 Å². The lowest BCUT2D eigenvalue weighted by molar-refractivity contribution is -0.140. The van der Waals surface area contributed by atoms with Crippen LogP contribution in [0.25, 0.3) is 0 Å². The quantitative estimate of drug-likeness (QED) is 0.754. The third-order valence-corrected chi connectivity index (χ3v) is 3.74. The summed E-state index contributed by atoms with van der Waals surface area (Å²) in [5.41, 5.74) is 0.893. The van der Waals surface area contributed by atoms with E-state index in [1.807, 2.05) is 26.0 Å². The molecule has 1 aromatic rings. The van der Waals surface area contributed by atoms with E-state index in [1.165, 1.54) is 0 Å². The van der Waals surface area contributed by atoms with Crippen LogP contribution in [0.15, 0.2) is 24.3 Å². The zero-order chi connectivity index (χ0) is 16.0. The van der Waals surface area contributed by atoms with Gasteiger partial charge in [0.2, 0.25) is 0 Å². The molecule has 5 nitrogen and oxygen atoms in total. The van der Waals surface area contributed by atoms with Crippen molar-refractivity contribution in [3.05, 3.63) is 34.9 Å². The molecule has 3 atom stereocenters. The van der Waals surface area contributed by atoms with Crippen LogP contribution in [0.1, 0.15) is 38.8 Å². The first-order valence-corrected chi connectivity index (χ1v) is 7.28. The molecule has 0 heterocycles. The Morgan fingerprint density at radius 1 is 1.19 bits per heavy atom. The minimum atomic E-state index is -1.03. The minimum absolute atomic E-state index is 0.140. The van der Waals surface area contributed by atoms with Crippen LogP contribution in [0.4, 0.5) is 4.79 Å². The monoisotopic (exact) mass is 312 g/mol. The molecule has 1 rings (SSSR count). The van der Waals surface area contributed by atoms with Gasteiger partial charge in [-0.3, -0.25) is 0 Å². The number of hydrogen-bond acceptors (Lipinski definition) is 2. The van der Waals surface area contributed by atoms with E-state index < -0.39 is 18.0 Å². The first kappa shape index (κ1) is 17.3. The minimum Gasteiger partial charge on any atom is -0.480 e. The molecule has 0 aliphatic rings. The normalized spacial score (nSPS) is 14.9. The molecule has 3 N–H and O–H groups in total. The highest BCUT2D eigenvalue weighted by Crippen LogP contribution is 2.16. The van der Waals surface area contributed by atoms with Gasteiger partial charge in [0.15, 0.2) is 0 Å². The van der Waals surface area contributed by atoms with E-state index in [1.54, 1.807) is 19.1 Å². The third-order valence-electron chi connectivity index (χ3n) is 3.48. The van der Waals surface area contributed by atoms with Gasteiger partial charge >= 0.3 is 12.0 Å². The van der Waals surface area contributed by atoms with Crippen molar-refractivity contribution in [1.82, 2.24) is 10.6 Å². The summed E-state index contributed by atoms with van der Waals surface area (Å²) in [6, 6.07) is 5.48. The van der Waals surface area contributed by atoms with E-state index in [0.29, 0.717) is 11.4 Å². The van der Waals surface area contributed by atoms with Crippen LogP contribution in [0.2, 0.25) is 5.02 Å². The highest BCUT2D eigenvalue weighted by molar-refractivity contribution is 6.30. The number of rotatable bonds is 6. The Labute approximate surface area is 129 Å². The summed E-state index contributed by atoms with van der Waals surface area (Å²) >= 11 is 5.81. The molecule has 0 bridgehead atoms. The van der Waals surface area contributed by atoms with Gasteiger partial charge in [-0.15, -0.1) is 0 Å². The SMILES string of the molecule is CCC(C)C(NC(=O)NC(C)c1ccc(Cl)cc1)C(=O)O. The molecule has 0 aliphatic carbocycles. The van der Waals surface area contributed by atoms with Gasteiger partial charge in [0, 0.05) is 5.02 Å². The largest absolute Gasteiger partial charge is 0.480 e. The average molecular weight is 313 g/mol. The van der Waals surface area contributed by atoms with Crippen LogP contribution in [0.5, 0.6) is 0 Å². The summed E-state index contributed by atoms with van der Waals surface area (Å²) in [7, 11) is 0. The van der Waals surface area contributed by atoms with Gasteiger partial charge in [-0.05, 0) is 30.5 Å². The van der Waals surface area contributed by atoms with Gasteiger partial charge in [0.25, 0.3) is 0 Å². The highest BCUT2D eigenvalue weighted by Gasteiger charge is 2.25. The molecule has 0 fully saturated rings. The number of nitrogens with one attached hydrogen (secondary N) is 2. The lowest BCUT2D eigenvalue weighted by Gasteiger charge is -2.22. The van der Waals surface area contributed by atoms with E-state index in [0.717, 1.165) is 5.56 Å². The Bertz CT molecular complexity index is 490. The van der Waals surface area contributed by atoms with Crippen molar-refractivity contribution < 1.29 is 14.7 Å². The van der Waals surface area contributed by atoms with Crippen molar-refractivity contribution in [1.29, 1.82) is 0 Å². The lowest BCUT2D eigenvalue weighted by Crippen LogP contribution is -2.49. The number of urea groups is 1. The second kappa shape index (κ2) is 7.88. The Hall–Kier alpha value is -1.75. The first-order chi connectivity index (χ1) is 9.85. The summed E-state index contributed by atoms with van der Waals surface area (Å²) in [6.07, 6.45) is 0.671. The molecule has 0 radical (unpaired) electrons. The van der Waals surface area contributed by atoms with Crippen LogP contribution < -0.4 is 10.6 Å². The van der Waals surface area contributed by atoms with Crippen molar-refractivity contribution in [2.24, 2.45) is 5.92 Å². The summed E-state index contributed by atoms with van der Waals surface area (Å²) in [4.78, 5) is 23.1. The third kappa shape index (κ3) is 5.27. The molecule has 116 valence electrons. The topological polar surface area (TPSA) is 78.4 Å². The molecule has 0 saturated carbocycles. The smallest absolute Gasteiger partial charge is 0.326 e. The van der Waals surface area contributed by atoms with E-state index in [9.17, 15) is 9.59 Å². The summed E-state index contributed by atoms with van der Waals surface area (Å²) < 4.78 is 0. The number of carboxylic acid groups (broad SMARTS) is 1. The Morgan fingerprint density at radius 2 is 1.76 bits per heavy atom. The molecule has 0 saturated heterocycles. The molecule has 1 aromatic carbocycles. The maximum atomic E-state index is 11.9. The zero-order valence-corrected chi connectivity index (χ0v) is 13.1. The number of carbonyl (C=O) groups excluding carboxylic acids is 1. The predicted octanol–water partition coefficient (Wildman–Crippen LogP) is 3.20. The van der Waals surface area contributed by atoms with Crippen LogP contribution in [0.3, 0.4) is 0 Å². The van der Waals surface area contributed by atoms with Crippen LogP contribution in [-0.4, -0.2) is 23.1 Å². The molecule has 0 aliphatic heterocycles. The average Bonchev–Trinajstić information content (AvgIpc) is 2.44. The Morgan fingerprint density at radius 3 is 2.24 bits per heavy atom. The van der Waals surface area contributed by atoms with E-state index in [-0.39, 0.29) is 12.0 Å². The second-order valence-corrected chi connectivity index (χ2v) is 5.53. The number of halogens is 1. The van der Waals surface area contributed by atoms with Crippen molar-refractivity contribution in [3.8, 4) is 0 Å². The van der Waals surface area contributed by atoms with Crippen molar-refractivity contribution in [2.75, 3.05) is 0 Å². The molecule has 0 spiro atoms. The standard InChI is InChI=1S/C15H21ClN2O3/c1-4-9(2)13(14(19)20)18-15(21)17-10(3)11-5-7-12(16)8-6-11/h5-10,13H,4H2,1-3H3,(H,19,20)(H2,17,18,21). The summed E-state index contributed by atoms with van der Waals surface area (Å²) in [5, 5.41) is 15.0. The molecule has 3 unspecified atom stereocenters. The summed E-state index contributed by atoms with van der Waals surface area (Å²) in [6.45, 7) is 5.50. The van der Waals surface area contributed by atoms with Gasteiger partial charge in [-0.1, -0.05) is 44.0 Å². The fourth-order valence-electron chi connectivity index (χ4n) is 1.90.